The molecule has 0 bridgehead atoms. The van der Waals surface area contributed by atoms with Gasteiger partial charge >= 0.3 is 0 Å². The third kappa shape index (κ3) is 4.67. The van der Waals surface area contributed by atoms with E-state index in [9.17, 15) is 9.59 Å². The second-order valence-corrected chi connectivity index (χ2v) is 11.8. The Labute approximate surface area is 230 Å². The highest BCUT2D eigenvalue weighted by atomic mass is 32.2. The van der Waals surface area contributed by atoms with Gasteiger partial charge in [-0.15, -0.1) is 0 Å². The van der Waals surface area contributed by atoms with Crippen LogP contribution in [-0.4, -0.2) is 37.3 Å². The number of carbonyl (C=O) groups excluding carboxylic acids is 1. The normalized spacial score (nSPS) is 22.1. The molecule has 1 aromatic carbocycles. The average Bonchev–Trinajstić information content (AvgIpc) is 3.48. The van der Waals surface area contributed by atoms with Crippen LogP contribution in [-0.2, 0) is 11.3 Å². The van der Waals surface area contributed by atoms with E-state index in [0.717, 1.165) is 36.8 Å². The van der Waals surface area contributed by atoms with Crippen molar-refractivity contribution in [2.75, 3.05) is 12.1 Å². The van der Waals surface area contributed by atoms with Gasteiger partial charge < -0.3 is 14.8 Å². The molecule has 3 aliphatic rings. The molecule has 2 aliphatic heterocycles. The van der Waals surface area contributed by atoms with Gasteiger partial charge in [-0.2, -0.15) is 0 Å². The number of pyridine rings is 1. The summed E-state index contributed by atoms with van der Waals surface area (Å²) in [4.78, 5) is 34.0. The summed E-state index contributed by atoms with van der Waals surface area (Å²) in [6.07, 6.45) is 7.68. The van der Waals surface area contributed by atoms with Crippen molar-refractivity contribution >= 4 is 51.7 Å². The van der Waals surface area contributed by atoms with Gasteiger partial charge in [-0.1, -0.05) is 43.0 Å². The van der Waals surface area contributed by atoms with Gasteiger partial charge in [0.15, 0.2) is 11.5 Å². The molecule has 0 radical (unpaired) electrons. The van der Waals surface area contributed by atoms with E-state index in [4.69, 9.17) is 26.7 Å². The smallest absolute Gasteiger partial charge is 0.267 e. The largest absolute Gasteiger partial charge is 0.454 e. The summed E-state index contributed by atoms with van der Waals surface area (Å²) < 4.78 is 12.8. The number of amides is 1. The van der Waals surface area contributed by atoms with Crippen LogP contribution in [0.5, 0.6) is 11.5 Å². The van der Waals surface area contributed by atoms with E-state index in [1.165, 1.54) is 11.8 Å². The number of aromatic nitrogens is 2. The Kier molecular flexibility index (Phi) is 6.61. The second-order valence-electron chi connectivity index (χ2n) is 10.1. The van der Waals surface area contributed by atoms with Gasteiger partial charge in [-0.25, -0.2) is 4.98 Å². The molecule has 0 spiro atoms. The Morgan fingerprint density at radius 1 is 1.16 bits per heavy atom. The lowest BCUT2D eigenvalue weighted by Gasteiger charge is -2.28. The molecule has 2 fully saturated rings. The number of anilines is 1. The predicted octanol–water partition coefficient (Wildman–Crippen LogP) is 5.12. The maximum Gasteiger partial charge on any atom is 0.267 e. The molecule has 38 heavy (non-hydrogen) atoms. The first kappa shape index (κ1) is 24.9. The predicted molar refractivity (Wildman–Crippen MR) is 153 cm³/mol. The van der Waals surface area contributed by atoms with Gasteiger partial charge in [0, 0.05) is 12.2 Å². The van der Waals surface area contributed by atoms with E-state index in [2.05, 4.69) is 12.2 Å². The summed E-state index contributed by atoms with van der Waals surface area (Å²) in [5.41, 5.74) is 2.55. The van der Waals surface area contributed by atoms with Crippen molar-refractivity contribution in [2.24, 2.45) is 5.92 Å². The molecule has 1 aliphatic carbocycles. The minimum atomic E-state index is -0.233. The van der Waals surface area contributed by atoms with E-state index in [1.807, 2.05) is 37.3 Å². The number of hydrogen-bond acceptors (Lipinski definition) is 8. The summed E-state index contributed by atoms with van der Waals surface area (Å²) in [7, 11) is 0. The summed E-state index contributed by atoms with van der Waals surface area (Å²) >= 11 is 6.77. The van der Waals surface area contributed by atoms with Crippen molar-refractivity contribution in [2.45, 2.75) is 52.1 Å². The quantitative estimate of drug-likeness (QED) is 0.347. The molecule has 6 rings (SSSR count). The standard InChI is InChI=1S/C28H28N4O4S2/c1-16-5-8-19(9-6-16)29-24-20(26(33)31-11-3-4-17(2)25(31)30-24)13-23-27(34)32(28(37)38-23)14-18-7-10-21-22(12-18)36-15-35-21/h3-4,7,10-13,16,19,29H,5-6,8-9,14-15H2,1-2H3. The number of benzene rings is 1. The van der Waals surface area contributed by atoms with Crippen molar-refractivity contribution < 1.29 is 14.3 Å². The molecule has 1 amide bonds. The van der Waals surface area contributed by atoms with Crippen LogP contribution in [0.15, 0.2) is 46.2 Å². The Bertz CT molecular complexity index is 1540. The summed E-state index contributed by atoms with van der Waals surface area (Å²) in [5.74, 6) is 2.33. The summed E-state index contributed by atoms with van der Waals surface area (Å²) in [5, 5.41) is 3.54. The van der Waals surface area contributed by atoms with Crippen LogP contribution in [0.4, 0.5) is 5.82 Å². The zero-order valence-corrected chi connectivity index (χ0v) is 22.9. The molecule has 2 aromatic heterocycles. The van der Waals surface area contributed by atoms with Crippen LogP contribution in [0.3, 0.4) is 0 Å². The molecule has 3 aromatic rings. The van der Waals surface area contributed by atoms with Gasteiger partial charge in [0.2, 0.25) is 6.79 Å². The maximum atomic E-state index is 13.7. The number of ether oxygens (including phenoxy) is 2. The van der Waals surface area contributed by atoms with Crippen molar-refractivity contribution in [1.82, 2.24) is 14.3 Å². The first-order valence-electron chi connectivity index (χ1n) is 12.8. The Morgan fingerprint density at radius 3 is 2.76 bits per heavy atom. The number of nitrogens with zero attached hydrogens (tertiary/aromatic N) is 3. The van der Waals surface area contributed by atoms with Crippen LogP contribution in [0.2, 0.25) is 0 Å². The van der Waals surface area contributed by atoms with Gasteiger partial charge in [0.05, 0.1) is 17.0 Å². The van der Waals surface area contributed by atoms with Crippen LogP contribution in [0, 0.1) is 12.8 Å². The number of rotatable bonds is 5. The first-order valence-corrected chi connectivity index (χ1v) is 14.0. The number of nitrogens with one attached hydrogen (secondary N) is 1. The summed E-state index contributed by atoms with van der Waals surface area (Å²) in [6.45, 7) is 4.71. The van der Waals surface area contributed by atoms with Gasteiger partial charge in [0.1, 0.15) is 15.8 Å². The van der Waals surface area contributed by atoms with E-state index in [-0.39, 0.29) is 24.3 Å². The Hall–Kier alpha value is -3.37. The molecule has 8 nitrogen and oxygen atoms in total. The molecule has 1 N–H and O–H groups in total. The highest BCUT2D eigenvalue weighted by Crippen LogP contribution is 2.37. The molecule has 10 heteroatoms. The van der Waals surface area contributed by atoms with Gasteiger partial charge in [0.25, 0.3) is 11.5 Å². The number of thiocarbonyl (C=S) groups is 1. The topological polar surface area (TPSA) is 85.2 Å². The fourth-order valence-corrected chi connectivity index (χ4v) is 6.38. The number of thioether (sulfide) groups is 1. The minimum absolute atomic E-state index is 0.188. The van der Waals surface area contributed by atoms with Crippen molar-refractivity contribution in [3.63, 3.8) is 0 Å². The minimum Gasteiger partial charge on any atom is -0.454 e. The highest BCUT2D eigenvalue weighted by Gasteiger charge is 2.33. The van der Waals surface area contributed by atoms with E-state index >= 15 is 0 Å². The van der Waals surface area contributed by atoms with Crippen molar-refractivity contribution in [3.8, 4) is 11.5 Å². The molecule has 1 saturated heterocycles. The van der Waals surface area contributed by atoms with E-state index in [0.29, 0.717) is 50.2 Å². The van der Waals surface area contributed by atoms with Crippen LogP contribution in [0.25, 0.3) is 11.7 Å². The monoisotopic (exact) mass is 548 g/mol. The summed E-state index contributed by atoms with van der Waals surface area (Å²) in [6, 6.07) is 9.59. The lowest BCUT2D eigenvalue weighted by atomic mass is 9.87. The van der Waals surface area contributed by atoms with E-state index in [1.54, 1.807) is 21.6 Å². The van der Waals surface area contributed by atoms with Gasteiger partial charge in [-0.05, 0) is 73.9 Å². The molecule has 196 valence electrons. The first-order chi connectivity index (χ1) is 18.4. The van der Waals surface area contributed by atoms with Crippen LogP contribution < -0.4 is 20.3 Å². The molecular weight excluding hydrogens is 520 g/mol. The van der Waals surface area contributed by atoms with E-state index < -0.39 is 0 Å². The maximum absolute atomic E-state index is 13.7. The fraction of sp³-hybridized carbons (Fsp3) is 0.357. The van der Waals surface area contributed by atoms with Crippen molar-refractivity contribution in [1.29, 1.82) is 0 Å². The average molecular weight is 549 g/mol. The molecule has 0 unspecified atom stereocenters. The molecule has 1 saturated carbocycles. The lowest BCUT2D eigenvalue weighted by Crippen LogP contribution is -2.29. The SMILES string of the molecule is Cc1cccn2c(=O)c(C=C3SC(=S)N(Cc4ccc5c(c4)OCO5)C3=O)c(NC3CCC(C)CC3)nc12. The van der Waals surface area contributed by atoms with Gasteiger partial charge in [-0.3, -0.25) is 18.9 Å². The zero-order valence-electron chi connectivity index (χ0n) is 21.2. The zero-order chi connectivity index (χ0) is 26.4. The third-order valence-electron chi connectivity index (χ3n) is 7.37. The Balaban J connectivity index is 1.34. The fourth-order valence-electron chi connectivity index (χ4n) is 5.14. The highest BCUT2D eigenvalue weighted by molar-refractivity contribution is 8.26. The molecule has 0 atom stereocenters. The number of hydrogen-bond donors (Lipinski definition) is 1. The third-order valence-corrected chi connectivity index (χ3v) is 8.75. The Morgan fingerprint density at radius 2 is 1.95 bits per heavy atom. The number of fused-ring (bicyclic) bond motifs is 2. The number of carbonyl (C=O) groups is 1. The lowest BCUT2D eigenvalue weighted by molar-refractivity contribution is -0.122. The second kappa shape index (κ2) is 10.1. The van der Waals surface area contributed by atoms with Crippen LogP contribution in [0.1, 0.15) is 49.3 Å². The van der Waals surface area contributed by atoms with Crippen molar-refractivity contribution in [3.05, 3.63) is 68.5 Å². The number of aryl methyl sites for hydroxylation is 1. The molecular formula is C28H28N4O4S2. The molecule has 4 heterocycles. The van der Waals surface area contributed by atoms with Crippen LogP contribution >= 0.6 is 24.0 Å².